The zero-order chi connectivity index (χ0) is 40.3. The second-order valence-corrected chi connectivity index (χ2v) is 15.0. The smallest absolute Gasteiger partial charge is 0.471 e. The SMILES string of the molecule is COc1cc2c(cc1OC)CN(CC1OC(c3cccc(-c4cccc(CNC(=O)C5CCCN5C(=O)C(F)(F)F)c4)c3)OC(c3ccc(CO)cc3)C1C)CC2. The highest BCUT2D eigenvalue weighted by Gasteiger charge is 2.47. The monoisotopic (exact) mass is 787 g/mol. The summed E-state index contributed by atoms with van der Waals surface area (Å²) < 4.78 is 64.1. The molecular weight excluding hydrogens is 739 g/mol. The molecule has 4 aromatic carbocycles. The molecular formula is C44H48F3N3O7. The number of nitrogens with zero attached hydrogens (tertiary/aromatic N) is 2. The maximum absolute atomic E-state index is 13.1. The van der Waals surface area contributed by atoms with E-state index in [0.29, 0.717) is 23.6 Å². The second kappa shape index (κ2) is 17.3. The Morgan fingerprint density at radius 3 is 2.26 bits per heavy atom. The number of hydrogen-bond acceptors (Lipinski definition) is 8. The first-order valence-electron chi connectivity index (χ1n) is 19.3. The Balaban J connectivity index is 1.09. The van der Waals surface area contributed by atoms with Crippen LogP contribution < -0.4 is 14.8 Å². The molecule has 2 amide bonds. The van der Waals surface area contributed by atoms with Crippen LogP contribution in [0.1, 0.15) is 65.5 Å². The van der Waals surface area contributed by atoms with E-state index in [2.05, 4.69) is 29.3 Å². The summed E-state index contributed by atoms with van der Waals surface area (Å²) in [5.41, 5.74) is 7.59. The quantitative estimate of drug-likeness (QED) is 0.170. The fourth-order valence-corrected chi connectivity index (χ4v) is 8.16. The van der Waals surface area contributed by atoms with Crippen molar-refractivity contribution in [1.82, 2.24) is 15.1 Å². The van der Waals surface area contributed by atoms with Gasteiger partial charge in [-0.15, -0.1) is 0 Å². The molecule has 4 aromatic rings. The van der Waals surface area contributed by atoms with Gasteiger partial charge < -0.3 is 34.3 Å². The van der Waals surface area contributed by atoms with Crippen LogP contribution in [0.15, 0.2) is 84.9 Å². The topological polar surface area (TPSA) is 110 Å². The van der Waals surface area contributed by atoms with Gasteiger partial charge in [-0.25, -0.2) is 0 Å². The van der Waals surface area contributed by atoms with Crippen LogP contribution in [0.25, 0.3) is 11.1 Å². The Morgan fingerprint density at radius 1 is 0.860 bits per heavy atom. The van der Waals surface area contributed by atoms with E-state index in [1.54, 1.807) is 14.2 Å². The summed E-state index contributed by atoms with van der Waals surface area (Å²) in [5, 5.41) is 12.4. The number of likely N-dealkylation sites (tertiary alicyclic amines) is 1. The van der Waals surface area contributed by atoms with Crippen LogP contribution in [0, 0.1) is 5.92 Å². The third kappa shape index (κ3) is 8.96. The van der Waals surface area contributed by atoms with Crippen LogP contribution in [-0.4, -0.2) is 78.9 Å². The maximum atomic E-state index is 13.1. The lowest BCUT2D eigenvalue weighted by Gasteiger charge is -2.43. The number of aliphatic hydroxyl groups is 1. The molecule has 0 saturated carbocycles. The number of aliphatic hydroxyl groups excluding tert-OH is 1. The third-order valence-corrected chi connectivity index (χ3v) is 11.3. The molecule has 2 fully saturated rings. The highest BCUT2D eigenvalue weighted by molar-refractivity contribution is 5.90. The second-order valence-electron chi connectivity index (χ2n) is 15.0. The van der Waals surface area contributed by atoms with Crippen molar-refractivity contribution < 1.29 is 46.8 Å². The first kappa shape index (κ1) is 40.3. The van der Waals surface area contributed by atoms with E-state index in [9.17, 15) is 27.9 Å². The van der Waals surface area contributed by atoms with Crippen LogP contribution in [0.3, 0.4) is 0 Å². The number of alkyl halides is 3. The summed E-state index contributed by atoms with van der Waals surface area (Å²) in [6.07, 6.45) is -4.83. The van der Waals surface area contributed by atoms with E-state index in [1.807, 2.05) is 72.8 Å². The summed E-state index contributed by atoms with van der Waals surface area (Å²) in [5.74, 6) is -1.18. The fourth-order valence-electron chi connectivity index (χ4n) is 8.16. The van der Waals surface area contributed by atoms with E-state index in [-0.39, 0.29) is 44.2 Å². The van der Waals surface area contributed by atoms with Gasteiger partial charge in [-0.1, -0.05) is 67.6 Å². The van der Waals surface area contributed by atoms with Crippen LogP contribution >= 0.6 is 0 Å². The molecule has 57 heavy (non-hydrogen) atoms. The molecule has 5 unspecified atom stereocenters. The lowest BCUT2D eigenvalue weighted by Crippen LogP contribution is -2.50. The van der Waals surface area contributed by atoms with Gasteiger partial charge in [0, 0.05) is 44.2 Å². The van der Waals surface area contributed by atoms with Crippen molar-refractivity contribution in [1.29, 1.82) is 0 Å². The summed E-state index contributed by atoms with van der Waals surface area (Å²) in [7, 11) is 3.29. The normalized spacial score (nSPS) is 22.5. The molecule has 2 saturated heterocycles. The molecule has 5 atom stereocenters. The number of nitrogens with one attached hydrogen (secondary N) is 1. The van der Waals surface area contributed by atoms with Gasteiger partial charge in [-0.05, 0) is 82.5 Å². The van der Waals surface area contributed by atoms with Crippen LogP contribution in [-0.2, 0) is 45.2 Å². The minimum absolute atomic E-state index is 0.00834. The van der Waals surface area contributed by atoms with Crippen molar-refractivity contribution in [3.05, 3.63) is 118 Å². The number of halogens is 3. The van der Waals surface area contributed by atoms with Crippen LogP contribution in [0.2, 0.25) is 0 Å². The summed E-state index contributed by atoms with van der Waals surface area (Å²) in [6.45, 7) is 4.35. The first-order valence-corrected chi connectivity index (χ1v) is 19.3. The molecule has 3 heterocycles. The average molecular weight is 788 g/mol. The van der Waals surface area contributed by atoms with Crippen LogP contribution in [0.4, 0.5) is 13.2 Å². The highest BCUT2D eigenvalue weighted by Crippen LogP contribution is 2.43. The molecule has 0 radical (unpaired) electrons. The predicted octanol–water partition coefficient (Wildman–Crippen LogP) is 6.88. The highest BCUT2D eigenvalue weighted by atomic mass is 19.4. The van der Waals surface area contributed by atoms with Crippen molar-refractivity contribution in [2.75, 3.05) is 33.9 Å². The number of methoxy groups -OCH3 is 2. The summed E-state index contributed by atoms with van der Waals surface area (Å²) >= 11 is 0. The van der Waals surface area contributed by atoms with E-state index in [4.69, 9.17) is 18.9 Å². The first-order chi connectivity index (χ1) is 27.4. The van der Waals surface area contributed by atoms with Gasteiger partial charge >= 0.3 is 12.1 Å². The number of rotatable bonds is 11. The Labute approximate surface area is 330 Å². The summed E-state index contributed by atoms with van der Waals surface area (Å²) in [4.78, 5) is 27.9. The predicted molar refractivity (Wildman–Crippen MR) is 206 cm³/mol. The van der Waals surface area contributed by atoms with Gasteiger partial charge in [-0.2, -0.15) is 13.2 Å². The number of carbonyl (C=O) groups is 2. The minimum Gasteiger partial charge on any atom is -0.493 e. The molecule has 0 aliphatic carbocycles. The molecule has 7 rings (SSSR count). The van der Waals surface area contributed by atoms with Gasteiger partial charge in [0.05, 0.1) is 33.0 Å². The number of carbonyl (C=O) groups excluding carboxylic acids is 2. The van der Waals surface area contributed by atoms with Crippen molar-refractivity contribution >= 4 is 11.8 Å². The molecule has 3 aliphatic rings. The number of ether oxygens (including phenoxy) is 4. The molecule has 3 aliphatic heterocycles. The molecule has 10 nitrogen and oxygen atoms in total. The Morgan fingerprint density at radius 2 is 1.56 bits per heavy atom. The lowest BCUT2D eigenvalue weighted by molar-refractivity contribution is -0.276. The number of fused-ring (bicyclic) bond motifs is 1. The number of benzene rings is 4. The molecule has 2 N–H and O–H groups in total. The zero-order valence-electron chi connectivity index (χ0n) is 32.3. The fraction of sp³-hybridized carbons (Fsp3) is 0.409. The van der Waals surface area contributed by atoms with E-state index in [0.717, 1.165) is 58.6 Å². The Hall–Kier alpha value is -4.95. The van der Waals surface area contributed by atoms with Crippen LogP contribution in [0.5, 0.6) is 11.5 Å². The molecule has 0 spiro atoms. The zero-order valence-corrected chi connectivity index (χ0v) is 32.3. The third-order valence-electron chi connectivity index (χ3n) is 11.3. The van der Waals surface area contributed by atoms with E-state index < -0.39 is 30.3 Å². The van der Waals surface area contributed by atoms with Gasteiger partial charge in [0.15, 0.2) is 17.8 Å². The van der Waals surface area contributed by atoms with Crippen molar-refractivity contribution in [2.45, 2.75) is 76.6 Å². The molecule has 13 heteroatoms. The molecule has 302 valence electrons. The number of amides is 2. The standard InChI is InChI=1S/C44H48F3N3O7/c1-27-39(25-49-18-16-33-21-37(54-2)38(55-3)22-35(33)24-49)56-42(57-40(27)30-14-12-28(26-51)13-15-30)34-10-5-9-32(20-34)31-8-4-7-29(19-31)23-48-41(52)36-11-6-17-50(36)43(53)44(45,46)47/h4-5,7-10,12-15,19-22,27,36,39-40,42,51H,6,11,16-18,23-26H2,1-3H3,(H,48,52). The van der Waals surface area contributed by atoms with Crippen molar-refractivity contribution in [2.24, 2.45) is 5.92 Å². The van der Waals surface area contributed by atoms with Crippen molar-refractivity contribution in [3.8, 4) is 22.6 Å². The van der Waals surface area contributed by atoms with E-state index >= 15 is 0 Å². The van der Waals surface area contributed by atoms with Gasteiger partial charge in [0.1, 0.15) is 6.04 Å². The Kier molecular flexibility index (Phi) is 12.2. The lowest BCUT2D eigenvalue weighted by atomic mass is 9.89. The van der Waals surface area contributed by atoms with Crippen molar-refractivity contribution in [3.63, 3.8) is 0 Å². The summed E-state index contributed by atoms with van der Waals surface area (Å²) in [6, 6.07) is 26.3. The number of hydrogen-bond donors (Lipinski definition) is 2. The van der Waals surface area contributed by atoms with E-state index in [1.165, 1.54) is 11.1 Å². The Bertz CT molecular complexity index is 2060. The van der Waals surface area contributed by atoms with Gasteiger partial charge in [0.2, 0.25) is 5.91 Å². The average Bonchev–Trinajstić information content (AvgIpc) is 3.73. The van der Waals surface area contributed by atoms with Gasteiger partial charge in [0.25, 0.3) is 0 Å². The molecule has 0 bridgehead atoms. The van der Waals surface area contributed by atoms with Gasteiger partial charge in [-0.3, -0.25) is 14.5 Å². The maximum Gasteiger partial charge on any atom is 0.471 e. The molecule has 0 aromatic heterocycles. The minimum atomic E-state index is -5.03. The largest absolute Gasteiger partial charge is 0.493 e.